The number of amidine groups is 5. The predicted molar refractivity (Wildman–Crippen MR) is 570 cm³/mol. The lowest BCUT2D eigenvalue weighted by atomic mass is 10.1. The minimum absolute atomic E-state index is 0.0643. The molecule has 44 heteroatoms. The topological polar surface area (TPSA) is 482 Å². The molecule has 6 unspecified atom stereocenters. The first-order chi connectivity index (χ1) is 63.5. The Labute approximate surface area is 812 Å². The number of hydrogen-bond donors (Lipinski definition) is 15. The van der Waals surface area contributed by atoms with Crippen molar-refractivity contribution in [1.82, 2.24) is 54.1 Å². The summed E-state index contributed by atoms with van der Waals surface area (Å²) in [6.45, 7) is 37.9. The van der Waals surface area contributed by atoms with Crippen LogP contribution in [0.1, 0.15) is 44.8 Å². The molecule has 11 aliphatic rings. The van der Waals surface area contributed by atoms with E-state index in [2.05, 4.69) is 186 Å². The van der Waals surface area contributed by atoms with Crippen molar-refractivity contribution in [1.29, 1.82) is 5.41 Å². The number of rotatable bonds is 27. The molecule has 0 amide bonds. The molecular formula is C93H162N18O20P6. The molecule has 1 aromatic heterocycles. The van der Waals surface area contributed by atoms with E-state index < -0.39 is 176 Å². The number of ether oxygens (including phenoxy) is 8. The van der Waals surface area contributed by atoms with Gasteiger partial charge in [-0.25, -0.2) is 19.8 Å². The van der Waals surface area contributed by atoms with Crippen molar-refractivity contribution in [2.75, 3.05) is 180 Å². The van der Waals surface area contributed by atoms with Crippen LogP contribution in [0.3, 0.4) is 0 Å². The summed E-state index contributed by atoms with van der Waals surface area (Å²) in [7, 11) is 15.7. The molecule has 16 N–H and O–H groups in total. The summed E-state index contributed by atoms with van der Waals surface area (Å²) in [5, 5.41) is 126. The molecule has 0 saturated carbocycles. The number of aliphatic hydroxyl groups excluding tert-OH is 11. The van der Waals surface area contributed by atoms with Crippen LogP contribution in [0.15, 0.2) is 165 Å². The Morgan fingerprint density at radius 3 is 1.02 bits per heavy atom. The van der Waals surface area contributed by atoms with Crippen molar-refractivity contribution in [3.8, 4) is 0 Å². The molecule has 38 nitrogen and oxygen atoms in total. The normalized spacial score (nSPS) is 31.8. The van der Waals surface area contributed by atoms with Gasteiger partial charge in [-0.1, -0.05) is 32.9 Å². The van der Waals surface area contributed by atoms with Gasteiger partial charge in [0.05, 0.1) is 43.2 Å². The lowest BCUT2D eigenvalue weighted by Gasteiger charge is -2.34. The zero-order valence-electron chi connectivity index (χ0n) is 84.3. The Balaban J connectivity index is 0.000000224. The second kappa shape index (κ2) is 50.1. The second-order valence-corrected chi connectivity index (χ2v) is 66.2. The minimum Gasteiger partial charge on any atom is -0.391 e. The van der Waals surface area contributed by atoms with Gasteiger partial charge in [0.25, 0.3) is 0 Å². The van der Waals surface area contributed by atoms with Crippen LogP contribution < -0.4 is 27.5 Å². The molecule has 0 spiro atoms. The van der Waals surface area contributed by atoms with Crippen molar-refractivity contribution in [3.05, 3.63) is 151 Å². The first kappa shape index (κ1) is 117. The van der Waals surface area contributed by atoms with Crippen LogP contribution in [0.4, 0.5) is 0 Å². The summed E-state index contributed by atoms with van der Waals surface area (Å²) >= 11 is 0. The lowest BCUT2D eigenvalue weighted by molar-refractivity contribution is -0.0709. The first-order valence-corrected chi connectivity index (χ1v) is 63.7. The fourth-order valence-corrected chi connectivity index (χ4v) is 21.6. The van der Waals surface area contributed by atoms with Gasteiger partial charge in [-0.05, 0) is 186 Å². The van der Waals surface area contributed by atoms with Gasteiger partial charge in [-0.3, -0.25) is 24.5 Å². The van der Waals surface area contributed by atoms with Crippen LogP contribution >= 0.6 is 41.3 Å². The van der Waals surface area contributed by atoms with Crippen molar-refractivity contribution in [2.24, 2.45) is 37.7 Å². The van der Waals surface area contributed by atoms with Crippen LogP contribution in [-0.4, -0.2) is 488 Å². The summed E-state index contributed by atoms with van der Waals surface area (Å²) < 4.78 is 49.0. The Hall–Kier alpha value is -6.53. The molecular weight excluding hydrogens is 1870 g/mol. The predicted octanol–water partition coefficient (Wildman–Crippen LogP) is 2.73. The van der Waals surface area contributed by atoms with E-state index in [-0.39, 0.29) is 36.2 Å². The third kappa shape index (κ3) is 33.0. The monoisotopic (exact) mass is 2040 g/mol. The number of likely N-dealkylation sites (N-methyl/N-ethyl adjacent to an activating group) is 2. The molecule has 6 fully saturated rings. The fourth-order valence-electron chi connectivity index (χ4n) is 15.8. The maximum Gasteiger partial charge on any atom is 0.331 e. The van der Waals surface area contributed by atoms with E-state index in [0.29, 0.717) is 66.2 Å². The van der Waals surface area contributed by atoms with Gasteiger partial charge in [0.1, 0.15) is 137 Å². The molecule has 137 heavy (non-hydrogen) atoms. The number of aromatic nitrogens is 2. The van der Waals surface area contributed by atoms with Crippen molar-refractivity contribution >= 4 is 108 Å². The Morgan fingerprint density at radius 1 is 0.438 bits per heavy atom. The molecule has 0 aliphatic carbocycles. The van der Waals surface area contributed by atoms with E-state index in [0.717, 1.165) is 71.9 Å². The minimum atomic E-state index is -1.25. The average Bonchev–Trinajstić information content (AvgIpc) is 1.74. The third-order valence-electron chi connectivity index (χ3n) is 24.1. The van der Waals surface area contributed by atoms with Crippen LogP contribution in [-0.2, 0) is 44.9 Å². The van der Waals surface area contributed by atoms with E-state index in [1.807, 2.05) is 78.4 Å². The molecule has 0 bridgehead atoms. The summed E-state index contributed by atoms with van der Waals surface area (Å²) in [5.74, 6) is 5.77. The van der Waals surface area contributed by atoms with E-state index >= 15 is 0 Å². The van der Waals surface area contributed by atoms with E-state index in [9.17, 15) is 61.0 Å². The number of aliphatic hydroxyl groups is 11. The quantitative estimate of drug-likeness (QED) is 0.0563. The number of aliphatic imine (C=N–C) groups is 5. The van der Waals surface area contributed by atoms with Gasteiger partial charge in [-0.15, -0.1) is 79.1 Å². The molecule has 0 radical (unpaired) electrons. The third-order valence-corrected chi connectivity index (χ3v) is 32.9. The molecule has 24 atom stereocenters. The summed E-state index contributed by atoms with van der Waals surface area (Å²) in [5.41, 5.74) is 5.72. The fraction of sp³-hybridized carbons (Fsp3) is 0.624. The van der Waals surface area contributed by atoms with Gasteiger partial charge in [0.15, 0.2) is 37.4 Å². The van der Waals surface area contributed by atoms with Crippen molar-refractivity contribution in [3.63, 3.8) is 0 Å². The van der Waals surface area contributed by atoms with E-state index in [4.69, 9.17) is 49.0 Å². The summed E-state index contributed by atoms with van der Waals surface area (Å²) in [4.78, 5) is 45.6. The zero-order chi connectivity index (χ0) is 103. The lowest BCUT2D eigenvalue weighted by Crippen LogP contribution is -2.47. The Morgan fingerprint density at radius 2 is 0.715 bits per heavy atom. The van der Waals surface area contributed by atoms with Crippen LogP contribution in [0.5, 0.6) is 0 Å². The van der Waals surface area contributed by atoms with Gasteiger partial charge < -0.3 is 145 Å². The number of nitrogens with one attached hydrogen (secondary N) is 3. The highest BCUT2D eigenvalue weighted by Crippen LogP contribution is 2.46. The molecule has 11 aliphatic heterocycles. The van der Waals surface area contributed by atoms with Crippen LogP contribution in [0, 0.1) is 5.41 Å². The average molecular weight is 2040 g/mol. The molecule has 12 heterocycles. The molecule has 0 aromatic carbocycles. The second-order valence-electron chi connectivity index (χ2n) is 40.3. The van der Waals surface area contributed by atoms with Crippen LogP contribution in [0.2, 0.25) is 0 Å². The molecule has 12 rings (SSSR count). The zero-order valence-corrected chi connectivity index (χ0v) is 89.7. The van der Waals surface area contributed by atoms with Crippen molar-refractivity contribution < 1.29 is 94.1 Å². The molecule has 1 aromatic rings. The summed E-state index contributed by atoms with van der Waals surface area (Å²) in [6.07, 6.45) is 35.7. The van der Waals surface area contributed by atoms with Crippen LogP contribution in [0.25, 0.3) is 0 Å². The smallest absolute Gasteiger partial charge is 0.331 e. The summed E-state index contributed by atoms with van der Waals surface area (Å²) in [6, 6.07) is 1.45. The highest BCUT2D eigenvalue weighted by atomic mass is 31.2. The van der Waals surface area contributed by atoms with Gasteiger partial charge in [0, 0.05) is 106 Å². The Kier molecular flexibility index (Phi) is 43.0. The highest BCUT2D eigenvalue weighted by molar-refractivity contribution is 7.73. The number of nitrogens with zero attached hydrogens (tertiary/aromatic N) is 14. The van der Waals surface area contributed by atoms with E-state index in [1.165, 1.54) is 28.8 Å². The largest absolute Gasteiger partial charge is 0.391 e. The standard InChI is InChI=1S/C17H30N3O3P.2C16H28N3O3P.C15H26N3O4P.C15H26N3O3P.C14H24N3O4P/c1-12-18-14(19(2)3)8-10-20(12)17-16(22-4)15(21)13(23-17)9-11-24(5,6)7;1-11-17-13(18(2)3)7-9-19(11)16-15(21)14(20)12(22-16)8-10-23(4,5)6;1-11-18-13(17-2)7-9-19(11)16-15(21-3)14(20)12(22-16)8-10-23(4,5)6;1-9-17-14(16)10(8-19)7-18(9)15-13(21)12(20)11(22-15)5-6-23(2,3)4;1-10-17-12(16-2)6-8-18(10)15-14(20)13(19)11(21-15)7-9-22(3,4)5;1-16-10(15)5-7-17(14(16)20)13-12(19)11(18)9(21-13)6-8-22(2,3)4/h8,10,13,15-17,21H,1,5,9,11H2,2-4,6-7H3;7,9,12,14-16,20-21H,1,4,8,10H2,2-3,5-6H3;7,9,12,14-16,20H,1,4,8,10H2,2-3,5-6H3,(H,17,18);7,11-13,15,19-21H,1-2,5-6,8H2,3-4H3,(H2,16,17);6,8,11,13-15,19-20H,1,3,7,9H2,2,4-5H3,(H,16,17);5,7,9,11-13,15,18-19H,2,6,8H2,1,3-4H3/t13?,15-,16-,17-;2*12?,14-,15-,16-;11?,12-,13-,15-;11?,13-,14-,15-;9?,11-,12-,13-/m111111/s1. The Bertz CT molecular complexity index is 5130. The molecule has 774 valence electrons. The van der Waals surface area contributed by atoms with Gasteiger partial charge in [0.2, 0.25) is 0 Å². The van der Waals surface area contributed by atoms with Gasteiger partial charge in [-0.2, -0.15) is 0 Å². The number of methoxy groups -OCH3 is 2. The van der Waals surface area contributed by atoms with E-state index in [1.54, 1.807) is 62.8 Å². The first-order valence-electron chi connectivity index (χ1n) is 45.4. The highest BCUT2D eigenvalue weighted by Gasteiger charge is 2.52. The number of nitrogens with two attached hydrogens (primary N) is 1. The SMILES string of the molecule is C=C1N=C(N(C)C)C=CN1[C@@H]1OC(CCP(=C)(C)C)[C@@H](O)[C@H]1O.C=C1N=C(N(C)C)C=CN1[C@@H]1OC(CCP(=C)(C)C)[C@@H](O)[C@H]1OC.C=C1N=C(N)C(CO)=CN1[C@@H]1OC(CCP(=C)(C)C)[C@@H](O)[C@H]1O.C=C1NC(=NC)C=CN1[C@@H]1OC(CCP(=C)(C)C)[C@@H](O)[C@H]1O.C=C1NC(=NC)C=CN1[C@@H]1OC(CCP(=C)(C)C)[C@@H](O)[C@H]1OC.C=P(C)(C)CCC1O[C@@H](n2ccc(=N)n(C)c2=O)[C@H](O)[C@@H]1O. The van der Waals surface area contributed by atoms with Crippen molar-refractivity contribution in [2.45, 2.75) is 186 Å². The maximum atomic E-state index is 12.2. The maximum absolute atomic E-state index is 12.2. The number of hydrogen-bond acceptors (Lipinski definition) is 34. The molecule has 6 saturated heterocycles. The van der Waals surface area contributed by atoms with Gasteiger partial charge >= 0.3 is 5.69 Å².